The molecule has 1 aromatic carbocycles. The van der Waals surface area contributed by atoms with Crippen molar-refractivity contribution in [3.63, 3.8) is 0 Å². The Balaban J connectivity index is 2.20. The molecule has 6 heteroatoms. The lowest BCUT2D eigenvalue weighted by molar-refractivity contribution is -0.133. The van der Waals surface area contributed by atoms with Crippen LogP contribution in [0.4, 0.5) is 0 Å². The molecule has 2 rings (SSSR count). The molecule has 0 aliphatic carbocycles. The summed E-state index contributed by atoms with van der Waals surface area (Å²) in [5.74, 6) is 0.825. The lowest BCUT2D eigenvalue weighted by Crippen LogP contribution is -2.35. The van der Waals surface area contributed by atoms with Gasteiger partial charge >= 0.3 is 0 Å². The summed E-state index contributed by atoms with van der Waals surface area (Å²) in [5, 5.41) is 8.56. The molecule has 5 nitrogen and oxygen atoms in total. The second-order valence-corrected chi connectivity index (χ2v) is 5.36. The number of benzene rings is 1. The van der Waals surface area contributed by atoms with E-state index < -0.39 is 0 Å². The van der Waals surface area contributed by atoms with E-state index in [0.29, 0.717) is 35.3 Å². The second kappa shape index (κ2) is 6.72. The molecule has 0 spiro atoms. The summed E-state index contributed by atoms with van der Waals surface area (Å²) in [6.07, 6.45) is 0.448. The highest BCUT2D eigenvalue weighted by molar-refractivity contribution is 6.33. The predicted molar refractivity (Wildman–Crippen MR) is 80.7 cm³/mol. The third-order valence-corrected chi connectivity index (χ3v) is 3.45. The number of carbonyl (C=O) groups is 1. The van der Waals surface area contributed by atoms with Crippen molar-refractivity contribution in [1.82, 2.24) is 15.1 Å². The quantitative estimate of drug-likeness (QED) is 0.847. The molecular formula is C15H18ClN3O2. The van der Waals surface area contributed by atoms with Crippen LogP contribution >= 0.6 is 11.6 Å². The van der Waals surface area contributed by atoms with Gasteiger partial charge in [0.25, 0.3) is 0 Å². The van der Waals surface area contributed by atoms with Crippen LogP contribution in [-0.4, -0.2) is 27.0 Å². The van der Waals surface area contributed by atoms with E-state index in [4.69, 9.17) is 16.0 Å². The van der Waals surface area contributed by atoms with Crippen molar-refractivity contribution in [3.8, 4) is 11.5 Å². The maximum Gasteiger partial charge on any atom is 0.249 e. The van der Waals surface area contributed by atoms with E-state index in [1.54, 1.807) is 11.0 Å². The zero-order chi connectivity index (χ0) is 15.4. The molecule has 2 aromatic rings. The second-order valence-electron chi connectivity index (χ2n) is 4.95. The Labute approximate surface area is 128 Å². The Kier molecular flexibility index (Phi) is 4.96. The van der Waals surface area contributed by atoms with Gasteiger partial charge in [0.15, 0.2) is 0 Å². The summed E-state index contributed by atoms with van der Waals surface area (Å²) in [4.78, 5) is 13.6. The number of amides is 1. The first-order chi connectivity index (χ1) is 10.0. The summed E-state index contributed by atoms with van der Waals surface area (Å²) in [6, 6.07) is 7.35. The smallest absolute Gasteiger partial charge is 0.249 e. The Bertz CT molecular complexity index is 625. The van der Waals surface area contributed by atoms with Gasteiger partial charge in [-0.2, -0.15) is 0 Å². The summed E-state index contributed by atoms with van der Waals surface area (Å²) < 4.78 is 5.63. The van der Waals surface area contributed by atoms with Gasteiger partial charge in [0.1, 0.15) is 0 Å². The number of aromatic nitrogens is 2. The van der Waals surface area contributed by atoms with Crippen molar-refractivity contribution >= 4 is 17.5 Å². The summed E-state index contributed by atoms with van der Waals surface area (Å²) >= 11 is 6.10. The van der Waals surface area contributed by atoms with Crippen molar-refractivity contribution in [3.05, 3.63) is 35.2 Å². The first-order valence-corrected chi connectivity index (χ1v) is 7.27. The summed E-state index contributed by atoms with van der Waals surface area (Å²) in [6.45, 7) is 6.06. The first kappa shape index (κ1) is 15.5. The Morgan fingerprint density at radius 1 is 1.33 bits per heavy atom. The minimum absolute atomic E-state index is 0.0579. The van der Waals surface area contributed by atoms with Crippen LogP contribution in [0.15, 0.2) is 28.7 Å². The van der Waals surface area contributed by atoms with Gasteiger partial charge in [0.05, 0.1) is 17.1 Å². The van der Waals surface area contributed by atoms with Crippen LogP contribution in [0.2, 0.25) is 5.02 Å². The van der Waals surface area contributed by atoms with E-state index in [1.165, 1.54) is 0 Å². The molecular weight excluding hydrogens is 290 g/mol. The average molecular weight is 308 g/mol. The third-order valence-electron chi connectivity index (χ3n) is 3.12. The summed E-state index contributed by atoms with van der Waals surface area (Å²) in [7, 11) is 0. The number of hydrogen-bond donors (Lipinski definition) is 0. The zero-order valence-electron chi connectivity index (χ0n) is 12.3. The fraction of sp³-hybridized carbons (Fsp3) is 0.400. The number of hydrogen-bond acceptors (Lipinski definition) is 4. The molecule has 0 bridgehead atoms. The first-order valence-electron chi connectivity index (χ1n) is 6.89. The van der Waals surface area contributed by atoms with Crippen molar-refractivity contribution in [2.24, 2.45) is 0 Å². The molecule has 0 saturated carbocycles. The minimum atomic E-state index is 0.0579. The molecule has 0 atom stereocenters. The van der Waals surface area contributed by atoms with Gasteiger partial charge in [-0.15, -0.1) is 10.2 Å². The molecule has 0 unspecified atom stereocenters. The van der Waals surface area contributed by atoms with Crippen LogP contribution in [0.3, 0.4) is 0 Å². The van der Waals surface area contributed by atoms with Crippen LogP contribution in [0.1, 0.15) is 33.1 Å². The highest BCUT2D eigenvalue weighted by Gasteiger charge is 2.19. The molecule has 0 aliphatic heterocycles. The molecule has 1 heterocycles. The average Bonchev–Trinajstić information content (AvgIpc) is 2.92. The highest BCUT2D eigenvalue weighted by atomic mass is 35.5. The molecule has 0 aliphatic rings. The van der Waals surface area contributed by atoms with Crippen LogP contribution < -0.4 is 0 Å². The molecule has 112 valence electrons. The topological polar surface area (TPSA) is 59.2 Å². The van der Waals surface area contributed by atoms with E-state index in [9.17, 15) is 4.79 Å². The van der Waals surface area contributed by atoms with Crippen LogP contribution in [0.5, 0.6) is 0 Å². The van der Waals surface area contributed by atoms with E-state index in [1.807, 2.05) is 39.0 Å². The minimum Gasteiger partial charge on any atom is -0.419 e. The monoisotopic (exact) mass is 307 g/mol. The molecule has 0 N–H and O–H groups in total. The molecule has 1 aromatic heterocycles. The number of rotatable bonds is 5. The zero-order valence-corrected chi connectivity index (χ0v) is 13.1. The van der Waals surface area contributed by atoms with E-state index in [-0.39, 0.29) is 11.9 Å². The van der Waals surface area contributed by atoms with Crippen molar-refractivity contribution < 1.29 is 9.21 Å². The number of nitrogens with zero attached hydrogens (tertiary/aromatic N) is 3. The van der Waals surface area contributed by atoms with Crippen molar-refractivity contribution in [2.75, 3.05) is 0 Å². The van der Waals surface area contributed by atoms with Crippen molar-refractivity contribution in [1.29, 1.82) is 0 Å². The number of halogens is 1. The predicted octanol–water partition coefficient (Wildman–Crippen LogP) is 3.54. The lowest BCUT2D eigenvalue weighted by Gasteiger charge is -2.24. The number of carbonyl (C=O) groups excluding carboxylic acids is 1. The van der Waals surface area contributed by atoms with E-state index in [2.05, 4.69) is 10.2 Å². The van der Waals surface area contributed by atoms with Gasteiger partial charge in [-0.3, -0.25) is 4.79 Å². The third kappa shape index (κ3) is 3.61. The SMILES string of the molecule is CCC(=O)N(Cc1nnc(-c2ccccc2Cl)o1)C(C)C. The molecule has 21 heavy (non-hydrogen) atoms. The normalized spacial score (nSPS) is 10.9. The van der Waals surface area contributed by atoms with Gasteiger partial charge in [-0.1, -0.05) is 30.7 Å². The molecule has 1 amide bonds. The fourth-order valence-corrected chi connectivity index (χ4v) is 2.19. The van der Waals surface area contributed by atoms with Gasteiger partial charge in [0.2, 0.25) is 17.7 Å². The molecule has 0 saturated heterocycles. The molecule has 0 radical (unpaired) electrons. The lowest BCUT2D eigenvalue weighted by atomic mass is 10.2. The van der Waals surface area contributed by atoms with Gasteiger partial charge < -0.3 is 9.32 Å². The van der Waals surface area contributed by atoms with Gasteiger partial charge in [0, 0.05) is 12.5 Å². The largest absolute Gasteiger partial charge is 0.419 e. The van der Waals surface area contributed by atoms with Gasteiger partial charge in [-0.25, -0.2) is 0 Å². The van der Waals surface area contributed by atoms with Crippen molar-refractivity contribution in [2.45, 2.75) is 39.8 Å². The highest BCUT2D eigenvalue weighted by Crippen LogP contribution is 2.26. The van der Waals surface area contributed by atoms with Crippen LogP contribution in [0.25, 0.3) is 11.5 Å². The Hall–Kier alpha value is -1.88. The van der Waals surface area contributed by atoms with Gasteiger partial charge in [-0.05, 0) is 26.0 Å². The maximum absolute atomic E-state index is 11.9. The maximum atomic E-state index is 11.9. The fourth-order valence-electron chi connectivity index (χ4n) is 1.97. The summed E-state index contributed by atoms with van der Waals surface area (Å²) in [5.41, 5.74) is 0.691. The molecule has 0 fully saturated rings. The van der Waals surface area contributed by atoms with E-state index >= 15 is 0 Å². The standard InChI is InChI=1S/C15H18ClN3O2/c1-4-14(20)19(10(2)3)9-13-17-18-15(21-13)11-7-5-6-8-12(11)16/h5-8,10H,4,9H2,1-3H3. The van der Waals surface area contributed by atoms with Crippen LogP contribution in [0, 0.1) is 0 Å². The Morgan fingerprint density at radius 3 is 2.67 bits per heavy atom. The van der Waals surface area contributed by atoms with Crippen LogP contribution in [-0.2, 0) is 11.3 Å². The van der Waals surface area contributed by atoms with E-state index in [0.717, 1.165) is 0 Å². The Morgan fingerprint density at radius 2 is 2.05 bits per heavy atom.